The number of hydrogen-bond donors (Lipinski definition) is 2. The zero-order chi connectivity index (χ0) is 14.7. The number of rotatable bonds is 5. The summed E-state index contributed by atoms with van der Waals surface area (Å²) in [7, 11) is 0. The van der Waals surface area contributed by atoms with Crippen molar-refractivity contribution in [3.8, 4) is 0 Å². The summed E-state index contributed by atoms with van der Waals surface area (Å²) in [5, 5.41) is 15.0. The maximum Gasteiger partial charge on any atom is 0.295 e. The number of nitro benzene ring substituents is 1. The predicted octanol–water partition coefficient (Wildman–Crippen LogP) is 2.54. The van der Waals surface area contributed by atoms with Crippen LogP contribution in [-0.2, 0) is 0 Å². The summed E-state index contributed by atoms with van der Waals surface area (Å²) in [4.78, 5) is 14.7. The van der Waals surface area contributed by atoms with E-state index in [0.29, 0.717) is 18.0 Å². The zero-order valence-corrected chi connectivity index (χ0v) is 11.5. The van der Waals surface area contributed by atoms with Crippen LogP contribution in [0.1, 0.15) is 13.8 Å². The van der Waals surface area contributed by atoms with Crippen LogP contribution < -0.4 is 11.1 Å². The number of nitrogens with one attached hydrogen (secondary N) is 1. The first-order chi connectivity index (χ1) is 9.50. The van der Waals surface area contributed by atoms with E-state index in [1.54, 1.807) is 18.3 Å². The monoisotopic (exact) mass is 274 g/mol. The van der Waals surface area contributed by atoms with Gasteiger partial charge in [-0.05, 0) is 12.0 Å². The van der Waals surface area contributed by atoms with E-state index >= 15 is 0 Å². The topological polar surface area (TPSA) is 94.1 Å². The highest BCUT2D eigenvalue weighted by Crippen LogP contribution is 2.28. The third-order valence-corrected chi connectivity index (χ3v) is 3.33. The Hall–Kier alpha value is -2.21. The fourth-order valence-electron chi connectivity index (χ4n) is 1.93. The van der Waals surface area contributed by atoms with Gasteiger partial charge in [-0.25, -0.2) is 4.98 Å². The first kappa shape index (κ1) is 14.2. The van der Waals surface area contributed by atoms with E-state index in [4.69, 9.17) is 5.73 Å². The summed E-state index contributed by atoms with van der Waals surface area (Å²) < 4.78 is 0. The molecule has 0 radical (unpaired) electrons. The first-order valence-electron chi connectivity index (χ1n) is 6.52. The molecule has 1 aromatic carbocycles. The molecule has 0 saturated heterocycles. The van der Waals surface area contributed by atoms with Crippen molar-refractivity contribution in [1.82, 2.24) is 4.98 Å². The predicted molar refractivity (Wildman–Crippen MR) is 79.7 cm³/mol. The average Bonchev–Trinajstić information content (AvgIpc) is 2.43. The van der Waals surface area contributed by atoms with Crippen LogP contribution in [-0.4, -0.2) is 22.5 Å². The highest BCUT2D eigenvalue weighted by molar-refractivity contribution is 5.96. The van der Waals surface area contributed by atoms with Crippen molar-refractivity contribution in [1.29, 1.82) is 0 Å². The number of nitrogens with zero attached hydrogens (tertiary/aromatic N) is 2. The quantitative estimate of drug-likeness (QED) is 0.645. The number of hydrogen-bond acceptors (Lipinski definition) is 5. The number of non-ortho nitro benzene ring substituents is 1. The van der Waals surface area contributed by atoms with E-state index < -0.39 is 4.92 Å². The lowest BCUT2D eigenvalue weighted by Gasteiger charge is -2.17. The lowest BCUT2D eigenvalue weighted by Crippen LogP contribution is -2.34. The Labute approximate surface area is 117 Å². The van der Waals surface area contributed by atoms with Crippen molar-refractivity contribution in [3.05, 3.63) is 40.6 Å². The van der Waals surface area contributed by atoms with Crippen LogP contribution in [0.5, 0.6) is 0 Å². The second kappa shape index (κ2) is 5.83. The van der Waals surface area contributed by atoms with Gasteiger partial charge in [-0.15, -0.1) is 0 Å². The third-order valence-electron chi connectivity index (χ3n) is 3.33. The fourth-order valence-corrected chi connectivity index (χ4v) is 1.93. The molecular formula is C14H18N4O2. The van der Waals surface area contributed by atoms with Crippen molar-refractivity contribution < 1.29 is 4.92 Å². The summed E-state index contributed by atoms with van der Waals surface area (Å²) in [6, 6.07) is 6.77. The number of aromatic nitrogens is 1. The second-order valence-corrected chi connectivity index (χ2v) is 5.08. The SMILES string of the molecule is CC(C)C(N)CNc1ccnc2c([N+](=O)[O-])cccc12. The molecule has 1 atom stereocenters. The normalized spacial score (nSPS) is 12.6. The van der Waals surface area contributed by atoms with Crippen LogP contribution in [0.15, 0.2) is 30.5 Å². The molecule has 0 aliphatic carbocycles. The Kier molecular flexibility index (Phi) is 4.14. The van der Waals surface area contributed by atoms with E-state index in [-0.39, 0.29) is 11.7 Å². The molecule has 0 spiro atoms. The molecule has 1 aromatic heterocycles. The highest BCUT2D eigenvalue weighted by atomic mass is 16.6. The molecule has 1 heterocycles. The van der Waals surface area contributed by atoms with Gasteiger partial charge in [-0.3, -0.25) is 10.1 Å². The number of anilines is 1. The van der Waals surface area contributed by atoms with Crippen LogP contribution in [0, 0.1) is 16.0 Å². The molecule has 0 bridgehead atoms. The Morgan fingerprint density at radius 1 is 1.40 bits per heavy atom. The van der Waals surface area contributed by atoms with Crippen molar-refractivity contribution in [2.75, 3.05) is 11.9 Å². The maximum absolute atomic E-state index is 11.0. The maximum atomic E-state index is 11.0. The smallest absolute Gasteiger partial charge is 0.295 e. The van der Waals surface area contributed by atoms with E-state index in [9.17, 15) is 10.1 Å². The molecule has 0 amide bonds. The Bertz CT molecular complexity index is 628. The van der Waals surface area contributed by atoms with E-state index in [1.807, 2.05) is 6.07 Å². The van der Waals surface area contributed by atoms with Gasteiger partial charge in [0.05, 0.1) is 4.92 Å². The van der Waals surface area contributed by atoms with Gasteiger partial charge in [0.2, 0.25) is 0 Å². The minimum Gasteiger partial charge on any atom is -0.383 e. The van der Waals surface area contributed by atoms with Gasteiger partial charge in [0, 0.05) is 35.9 Å². The Morgan fingerprint density at radius 2 is 2.15 bits per heavy atom. The zero-order valence-electron chi connectivity index (χ0n) is 11.5. The summed E-state index contributed by atoms with van der Waals surface area (Å²) in [6.07, 6.45) is 1.57. The van der Waals surface area contributed by atoms with Crippen LogP contribution in [0.25, 0.3) is 10.9 Å². The molecule has 6 heteroatoms. The lowest BCUT2D eigenvalue weighted by molar-refractivity contribution is -0.383. The number of nitro groups is 1. The first-order valence-corrected chi connectivity index (χ1v) is 6.52. The van der Waals surface area contributed by atoms with Gasteiger partial charge in [0.25, 0.3) is 5.69 Å². The molecule has 0 saturated carbocycles. The van der Waals surface area contributed by atoms with Crippen LogP contribution in [0.4, 0.5) is 11.4 Å². The lowest BCUT2D eigenvalue weighted by atomic mass is 10.1. The molecule has 0 aliphatic heterocycles. The van der Waals surface area contributed by atoms with Gasteiger partial charge in [-0.2, -0.15) is 0 Å². The molecule has 3 N–H and O–H groups in total. The van der Waals surface area contributed by atoms with Crippen molar-refractivity contribution in [3.63, 3.8) is 0 Å². The molecule has 2 rings (SSSR count). The highest BCUT2D eigenvalue weighted by Gasteiger charge is 2.15. The number of para-hydroxylation sites is 1. The summed E-state index contributed by atoms with van der Waals surface area (Å²) in [5.41, 5.74) is 7.22. The molecule has 6 nitrogen and oxygen atoms in total. The Balaban J connectivity index is 2.35. The molecule has 20 heavy (non-hydrogen) atoms. The summed E-state index contributed by atoms with van der Waals surface area (Å²) in [5.74, 6) is 0.366. The van der Waals surface area contributed by atoms with E-state index in [0.717, 1.165) is 11.1 Å². The van der Waals surface area contributed by atoms with Crippen molar-refractivity contribution in [2.24, 2.45) is 11.7 Å². The summed E-state index contributed by atoms with van der Waals surface area (Å²) in [6.45, 7) is 4.73. The molecular weight excluding hydrogens is 256 g/mol. The van der Waals surface area contributed by atoms with Crippen LogP contribution in [0.3, 0.4) is 0 Å². The number of pyridine rings is 1. The largest absolute Gasteiger partial charge is 0.383 e. The minimum atomic E-state index is -0.418. The molecule has 106 valence electrons. The fraction of sp³-hybridized carbons (Fsp3) is 0.357. The van der Waals surface area contributed by atoms with Gasteiger partial charge < -0.3 is 11.1 Å². The Morgan fingerprint density at radius 3 is 2.80 bits per heavy atom. The van der Waals surface area contributed by atoms with Gasteiger partial charge >= 0.3 is 0 Å². The van der Waals surface area contributed by atoms with Crippen molar-refractivity contribution >= 4 is 22.3 Å². The van der Waals surface area contributed by atoms with Crippen LogP contribution >= 0.6 is 0 Å². The third kappa shape index (κ3) is 2.85. The number of fused-ring (bicyclic) bond motifs is 1. The summed E-state index contributed by atoms with van der Waals surface area (Å²) >= 11 is 0. The average molecular weight is 274 g/mol. The van der Waals surface area contributed by atoms with E-state index in [1.165, 1.54) is 6.07 Å². The number of benzene rings is 1. The molecule has 0 fully saturated rings. The standard InChI is InChI=1S/C14H18N4O2/c1-9(2)11(15)8-17-12-6-7-16-14-10(12)4-3-5-13(14)18(19)20/h3-7,9,11H,8,15H2,1-2H3,(H,16,17). The number of nitrogens with two attached hydrogens (primary N) is 1. The molecule has 1 unspecified atom stereocenters. The second-order valence-electron chi connectivity index (χ2n) is 5.08. The van der Waals surface area contributed by atoms with Gasteiger partial charge in [-0.1, -0.05) is 26.0 Å². The van der Waals surface area contributed by atoms with Gasteiger partial charge in [0.15, 0.2) is 0 Å². The van der Waals surface area contributed by atoms with Gasteiger partial charge in [0.1, 0.15) is 5.52 Å². The van der Waals surface area contributed by atoms with Crippen LogP contribution in [0.2, 0.25) is 0 Å². The molecule has 2 aromatic rings. The minimum absolute atomic E-state index is 0.0132. The van der Waals surface area contributed by atoms with Crippen molar-refractivity contribution in [2.45, 2.75) is 19.9 Å². The molecule has 0 aliphatic rings. The van der Waals surface area contributed by atoms with E-state index in [2.05, 4.69) is 24.1 Å².